The van der Waals surface area contributed by atoms with E-state index in [4.69, 9.17) is 4.74 Å². The van der Waals surface area contributed by atoms with Crippen molar-refractivity contribution in [1.82, 2.24) is 0 Å². The predicted octanol–water partition coefficient (Wildman–Crippen LogP) is 1.21. The molecule has 2 aromatic carbocycles. The van der Waals surface area contributed by atoms with Crippen LogP contribution in [0.25, 0.3) is 0 Å². The van der Waals surface area contributed by atoms with Crippen molar-refractivity contribution >= 4 is 17.3 Å². The molecule has 8 nitrogen and oxygen atoms in total. The molecule has 0 amide bonds. The molecule has 0 aliphatic heterocycles. The zero-order valence-electron chi connectivity index (χ0n) is 16.4. The van der Waals surface area contributed by atoms with Crippen molar-refractivity contribution in [2.45, 2.75) is 25.4 Å². The number of aliphatic hydroxyl groups excluding tert-OH is 1. The monoisotopic (exact) mass is 412 g/mol. The summed E-state index contributed by atoms with van der Waals surface area (Å²) in [7, 11) is 1.34. The van der Waals surface area contributed by atoms with Gasteiger partial charge in [0, 0.05) is 22.6 Å². The molecule has 4 rings (SSSR count). The van der Waals surface area contributed by atoms with Gasteiger partial charge in [-0.25, -0.2) is 0 Å². The Kier molecular flexibility index (Phi) is 4.44. The second-order valence-electron chi connectivity index (χ2n) is 7.85. The highest BCUT2D eigenvalue weighted by atomic mass is 16.5. The Morgan fingerprint density at radius 1 is 1.13 bits per heavy atom. The van der Waals surface area contributed by atoms with Gasteiger partial charge in [-0.15, -0.1) is 0 Å². The van der Waals surface area contributed by atoms with Crippen LogP contribution in [0.1, 0.15) is 56.3 Å². The van der Waals surface area contributed by atoms with Gasteiger partial charge in [-0.2, -0.15) is 0 Å². The molecule has 0 spiro atoms. The fourth-order valence-electron chi connectivity index (χ4n) is 4.64. The van der Waals surface area contributed by atoms with Crippen molar-refractivity contribution in [3.63, 3.8) is 0 Å². The van der Waals surface area contributed by atoms with Crippen molar-refractivity contribution in [3.8, 4) is 17.2 Å². The van der Waals surface area contributed by atoms with Crippen LogP contribution >= 0.6 is 0 Å². The van der Waals surface area contributed by atoms with Gasteiger partial charge in [0.25, 0.3) is 0 Å². The molecule has 2 aromatic rings. The van der Waals surface area contributed by atoms with Crippen LogP contribution in [-0.4, -0.2) is 51.5 Å². The van der Waals surface area contributed by atoms with Gasteiger partial charge in [0.1, 0.15) is 23.9 Å². The standard InChI is InChI=1S/C22H20O8/c1-22(29)7-9(12(24)8-23)6-11-17(22)21(28)16-15(19(11)26)18(25)10-4-3-5-13(30-2)14(10)20(16)27/h3-5,9,23,26,28-29H,6-8H2,1-2H3/t9?,22-/m0/s1. The lowest BCUT2D eigenvalue weighted by atomic mass is 9.69. The molecule has 0 aromatic heterocycles. The predicted molar refractivity (Wildman–Crippen MR) is 103 cm³/mol. The van der Waals surface area contributed by atoms with Gasteiger partial charge in [0.15, 0.2) is 11.6 Å². The summed E-state index contributed by atoms with van der Waals surface area (Å²) in [4.78, 5) is 38.5. The third kappa shape index (κ3) is 2.57. The molecule has 0 heterocycles. The molecule has 30 heavy (non-hydrogen) atoms. The molecule has 2 atom stereocenters. The van der Waals surface area contributed by atoms with E-state index in [0.717, 1.165) is 0 Å². The number of aliphatic hydroxyl groups is 2. The minimum atomic E-state index is -1.77. The normalized spacial score (nSPS) is 22.2. The average molecular weight is 412 g/mol. The topological polar surface area (TPSA) is 141 Å². The van der Waals surface area contributed by atoms with Crippen LogP contribution in [0.15, 0.2) is 18.2 Å². The van der Waals surface area contributed by atoms with E-state index in [9.17, 15) is 34.8 Å². The van der Waals surface area contributed by atoms with Crippen molar-refractivity contribution in [3.05, 3.63) is 51.6 Å². The van der Waals surface area contributed by atoms with Crippen molar-refractivity contribution in [1.29, 1.82) is 0 Å². The van der Waals surface area contributed by atoms with Crippen molar-refractivity contribution in [2.75, 3.05) is 13.7 Å². The van der Waals surface area contributed by atoms with Gasteiger partial charge in [0.2, 0.25) is 5.78 Å². The van der Waals surface area contributed by atoms with Gasteiger partial charge < -0.3 is 25.2 Å². The summed E-state index contributed by atoms with van der Waals surface area (Å²) < 4.78 is 5.20. The number of methoxy groups -OCH3 is 1. The maximum atomic E-state index is 13.2. The summed E-state index contributed by atoms with van der Waals surface area (Å²) in [5.41, 5.74) is -2.64. The molecule has 8 heteroatoms. The summed E-state index contributed by atoms with van der Waals surface area (Å²) in [5, 5.41) is 42.1. The molecule has 0 radical (unpaired) electrons. The van der Waals surface area contributed by atoms with Crippen molar-refractivity contribution in [2.24, 2.45) is 5.92 Å². The zero-order valence-corrected chi connectivity index (χ0v) is 16.4. The largest absolute Gasteiger partial charge is 0.507 e. The first-order valence-electron chi connectivity index (χ1n) is 9.37. The third-order valence-electron chi connectivity index (χ3n) is 5.96. The number of fused-ring (bicyclic) bond motifs is 3. The fraction of sp³-hybridized carbons (Fsp3) is 0.318. The Morgan fingerprint density at radius 2 is 1.80 bits per heavy atom. The van der Waals surface area contributed by atoms with Crippen LogP contribution in [-0.2, 0) is 16.8 Å². The van der Waals surface area contributed by atoms with Gasteiger partial charge in [-0.05, 0) is 25.8 Å². The van der Waals surface area contributed by atoms with E-state index < -0.39 is 52.5 Å². The smallest absolute Gasteiger partial charge is 0.202 e. The summed E-state index contributed by atoms with van der Waals surface area (Å²) in [5.74, 6) is -3.75. The molecule has 4 N–H and O–H groups in total. The Bertz CT molecular complexity index is 1130. The number of Topliss-reactive ketones (excluding diaryl/α,β-unsaturated/α-hetero) is 1. The maximum Gasteiger partial charge on any atom is 0.202 e. The van der Waals surface area contributed by atoms with Crippen LogP contribution < -0.4 is 4.74 Å². The maximum absolute atomic E-state index is 13.2. The van der Waals surface area contributed by atoms with E-state index in [0.29, 0.717) is 0 Å². The third-order valence-corrected chi connectivity index (χ3v) is 5.96. The lowest BCUT2D eigenvalue weighted by Crippen LogP contribution is -2.38. The van der Waals surface area contributed by atoms with E-state index in [2.05, 4.69) is 0 Å². The minimum Gasteiger partial charge on any atom is -0.507 e. The highest BCUT2D eigenvalue weighted by molar-refractivity contribution is 6.31. The summed E-state index contributed by atoms with van der Waals surface area (Å²) >= 11 is 0. The number of carbonyl (C=O) groups excluding carboxylic acids is 3. The van der Waals surface area contributed by atoms with Crippen LogP contribution in [0, 0.1) is 5.92 Å². The lowest BCUT2D eigenvalue weighted by Gasteiger charge is -2.37. The highest BCUT2D eigenvalue weighted by Crippen LogP contribution is 2.52. The van der Waals surface area contributed by atoms with Crippen molar-refractivity contribution < 1.29 is 39.5 Å². The molecule has 0 saturated carbocycles. The molecule has 0 fully saturated rings. The second kappa shape index (κ2) is 6.65. The Balaban J connectivity index is 2.03. The summed E-state index contributed by atoms with van der Waals surface area (Å²) in [6.07, 6.45) is -0.211. The number of hydrogen-bond donors (Lipinski definition) is 4. The number of benzene rings is 2. The summed E-state index contributed by atoms with van der Waals surface area (Å²) in [6, 6.07) is 4.46. The SMILES string of the molecule is COc1cccc2c1C(=O)c1c(O)c3c(c(O)c1C2=O)CC(C(=O)CO)C[C@]3(C)O. The van der Waals surface area contributed by atoms with Crippen LogP contribution in [0.2, 0.25) is 0 Å². The first-order valence-corrected chi connectivity index (χ1v) is 9.37. The number of aromatic hydroxyl groups is 2. The quantitative estimate of drug-likeness (QED) is 0.471. The fourth-order valence-corrected chi connectivity index (χ4v) is 4.64. The number of rotatable bonds is 3. The van der Waals surface area contributed by atoms with Crippen LogP contribution in [0.3, 0.4) is 0 Å². The first-order chi connectivity index (χ1) is 14.1. The molecule has 0 bridgehead atoms. The number of ether oxygens (including phenoxy) is 1. The van der Waals surface area contributed by atoms with Gasteiger partial charge in [0.05, 0.1) is 29.4 Å². The van der Waals surface area contributed by atoms with Gasteiger partial charge in [-0.3, -0.25) is 14.4 Å². The highest BCUT2D eigenvalue weighted by Gasteiger charge is 2.46. The zero-order chi connectivity index (χ0) is 22.0. The molecular formula is C22H20O8. The molecular weight excluding hydrogens is 392 g/mol. The average Bonchev–Trinajstić information content (AvgIpc) is 2.72. The number of hydrogen-bond acceptors (Lipinski definition) is 8. The number of phenols is 2. The van der Waals surface area contributed by atoms with E-state index in [-0.39, 0.29) is 46.4 Å². The van der Waals surface area contributed by atoms with E-state index in [1.165, 1.54) is 32.2 Å². The Morgan fingerprint density at radius 3 is 2.43 bits per heavy atom. The van der Waals surface area contributed by atoms with E-state index >= 15 is 0 Å². The van der Waals surface area contributed by atoms with Crippen LogP contribution in [0.4, 0.5) is 0 Å². The molecule has 0 saturated heterocycles. The summed E-state index contributed by atoms with van der Waals surface area (Å²) in [6.45, 7) is 0.607. The number of ketones is 3. The first kappa shape index (κ1) is 20.1. The molecule has 1 unspecified atom stereocenters. The molecule has 156 valence electrons. The molecule has 2 aliphatic carbocycles. The number of phenolic OH excluding ortho intramolecular Hbond substituents is 2. The Labute approximate surface area is 171 Å². The van der Waals surface area contributed by atoms with E-state index in [1.807, 2.05) is 0 Å². The van der Waals surface area contributed by atoms with Gasteiger partial charge >= 0.3 is 0 Å². The second-order valence-corrected chi connectivity index (χ2v) is 7.85. The molecule has 2 aliphatic rings. The lowest BCUT2D eigenvalue weighted by molar-refractivity contribution is -0.128. The number of carbonyl (C=O) groups is 3. The minimum absolute atomic E-state index is 0.0156. The van der Waals surface area contributed by atoms with Crippen LogP contribution in [0.5, 0.6) is 17.2 Å². The van der Waals surface area contributed by atoms with Gasteiger partial charge in [-0.1, -0.05) is 12.1 Å². The Hall–Kier alpha value is -3.23. The van der Waals surface area contributed by atoms with E-state index in [1.54, 1.807) is 0 Å².